The van der Waals surface area contributed by atoms with Gasteiger partial charge in [-0.3, -0.25) is 0 Å². The van der Waals surface area contributed by atoms with Crippen molar-refractivity contribution < 1.29 is 13.5 Å². The Balaban J connectivity index is 2.26. The maximum absolute atomic E-state index is 12.4. The largest absolute Gasteiger partial charge is 0.395 e. The summed E-state index contributed by atoms with van der Waals surface area (Å²) in [6.45, 7) is -0.0932. The first kappa shape index (κ1) is 14.7. The van der Waals surface area contributed by atoms with Crippen LogP contribution in [0.4, 0.5) is 0 Å². The van der Waals surface area contributed by atoms with Crippen LogP contribution in [-0.2, 0) is 16.3 Å². The van der Waals surface area contributed by atoms with E-state index in [-0.39, 0.29) is 22.4 Å². The first-order chi connectivity index (χ1) is 9.54. The van der Waals surface area contributed by atoms with Crippen LogP contribution in [0.25, 0.3) is 0 Å². The van der Waals surface area contributed by atoms with Gasteiger partial charge in [0.2, 0.25) is 9.84 Å². The second-order valence-electron chi connectivity index (χ2n) is 4.61. The number of hydrogen-bond donors (Lipinski definition) is 2. The summed E-state index contributed by atoms with van der Waals surface area (Å²) in [6, 6.07) is 14.6. The molecule has 0 heterocycles. The van der Waals surface area contributed by atoms with Gasteiger partial charge in [0.1, 0.15) is 0 Å². The smallest absolute Gasteiger partial charge is 0.206 e. The van der Waals surface area contributed by atoms with E-state index in [1.165, 1.54) is 0 Å². The van der Waals surface area contributed by atoms with E-state index in [2.05, 4.69) is 0 Å². The SMILES string of the molecule is NC(CO)Cc1ccc(S(=O)(=O)c2ccccc2)cc1. The summed E-state index contributed by atoms with van der Waals surface area (Å²) in [7, 11) is -3.47. The minimum Gasteiger partial charge on any atom is -0.395 e. The van der Waals surface area contributed by atoms with Gasteiger partial charge in [-0.15, -0.1) is 0 Å². The molecule has 0 spiro atoms. The lowest BCUT2D eigenvalue weighted by Gasteiger charge is -2.09. The standard InChI is InChI=1S/C15H17NO3S/c16-13(11-17)10-12-6-8-15(9-7-12)20(18,19)14-4-2-1-3-5-14/h1-9,13,17H,10-11,16H2. The molecule has 20 heavy (non-hydrogen) atoms. The molecule has 1 atom stereocenters. The summed E-state index contributed by atoms with van der Waals surface area (Å²) in [5.74, 6) is 0. The topological polar surface area (TPSA) is 80.4 Å². The van der Waals surface area contributed by atoms with Gasteiger partial charge in [-0.25, -0.2) is 8.42 Å². The molecule has 0 amide bonds. The molecule has 106 valence electrons. The van der Waals surface area contributed by atoms with Crippen molar-refractivity contribution in [3.05, 3.63) is 60.2 Å². The fourth-order valence-electron chi connectivity index (χ4n) is 1.91. The fraction of sp³-hybridized carbons (Fsp3) is 0.200. The summed E-state index contributed by atoms with van der Waals surface area (Å²) in [5.41, 5.74) is 6.55. The molecule has 1 unspecified atom stereocenters. The fourth-order valence-corrected chi connectivity index (χ4v) is 3.19. The van der Waals surface area contributed by atoms with Crippen molar-refractivity contribution in [2.75, 3.05) is 6.61 Å². The zero-order chi connectivity index (χ0) is 14.6. The molecule has 0 aliphatic carbocycles. The second kappa shape index (κ2) is 6.17. The Morgan fingerprint density at radius 3 is 2.05 bits per heavy atom. The maximum atomic E-state index is 12.4. The van der Waals surface area contributed by atoms with Gasteiger partial charge in [0.25, 0.3) is 0 Å². The van der Waals surface area contributed by atoms with Crippen LogP contribution in [0.15, 0.2) is 64.4 Å². The van der Waals surface area contributed by atoms with Crippen LogP contribution in [0, 0.1) is 0 Å². The Bertz CT molecular complexity index is 651. The maximum Gasteiger partial charge on any atom is 0.206 e. The van der Waals surface area contributed by atoms with Crippen molar-refractivity contribution in [3.8, 4) is 0 Å². The number of nitrogens with two attached hydrogens (primary N) is 1. The minimum atomic E-state index is -3.47. The molecule has 0 saturated heterocycles. The lowest BCUT2D eigenvalue weighted by Crippen LogP contribution is -2.26. The highest BCUT2D eigenvalue weighted by molar-refractivity contribution is 7.91. The second-order valence-corrected chi connectivity index (χ2v) is 6.56. The minimum absolute atomic E-state index is 0.0932. The van der Waals surface area contributed by atoms with Crippen molar-refractivity contribution in [2.45, 2.75) is 22.3 Å². The number of sulfone groups is 1. The van der Waals surface area contributed by atoms with Gasteiger partial charge in [-0.05, 0) is 36.2 Å². The van der Waals surface area contributed by atoms with Crippen LogP contribution in [0.1, 0.15) is 5.56 Å². The monoisotopic (exact) mass is 291 g/mol. The van der Waals surface area contributed by atoms with Gasteiger partial charge in [-0.1, -0.05) is 30.3 Å². The lowest BCUT2D eigenvalue weighted by atomic mass is 10.1. The molecule has 2 aromatic rings. The summed E-state index contributed by atoms with van der Waals surface area (Å²) in [5, 5.41) is 8.91. The van der Waals surface area contributed by atoms with Crippen molar-refractivity contribution in [1.82, 2.24) is 0 Å². The zero-order valence-corrected chi connectivity index (χ0v) is 11.8. The molecule has 0 aromatic heterocycles. The van der Waals surface area contributed by atoms with Crippen LogP contribution >= 0.6 is 0 Å². The highest BCUT2D eigenvalue weighted by atomic mass is 32.2. The van der Waals surface area contributed by atoms with Crippen LogP contribution in [0.3, 0.4) is 0 Å². The van der Waals surface area contributed by atoms with Crippen molar-refractivity contribution in [3.63, 3.8) is 0 Å². The molecule has 3 N–H and O–H groups in total. The number of aliphatic hydroxyl groups is 1. The molecular weight excluding hydrogens is 274 g/mol. The molecule has 2 rings (SSSR count). The van der Waals surface area contributed by atoms with Crippen molar-refractivity contribution in [1.29, 1.82) is 0 Å². The zero-order valence-electron chi connectivity index (χ0n) is 10.9. The first-order valence-electron chi connectivity index (χ1n) is 6.29. The molecule has 0 radical (unpaired) electrons. The summed E-state index contributed by atoms with van der Waals surface area (Å²) in [4.78, 5) is 0.532. The molecule has 0 bridgehead atoms. The summed E-state index contributed by atoms with van der Waals surface area (Å²) < 4.78 is 24.7. The van der Waals surface area contributed by atoms with Crippen molar-refractivity contribution in [2.24, 2.45) is 5.73 Å². The van der Waals surface area contributed by atoms with Gasteiger partial charge >= 0.3 is 0 Å². The Kier molecular flexibility index (Phi) is 4.54. The van der Waals surface area contributed by atoms with Gasteiger partial charge in [-0.2, -0.15) is 0 Å². The Hall–Kier alpha value is -1.69. The number of benzene rings is 2. The van der Waals surface area contributed by atoms with Crippen LogP contribution in [0.5, 0.6) is 0 Å². The highest BCUT2D eigenvalue weighted by Gasteiger charge is 2.16. The lowest BCUT2D eigenvalue weighted by molar-refractivity contribution is 0.265. The molecule has 0 fully saturated rings. The van der Waals surface area contributed by atoms with Crippen LogP contribution in [-0.4, -0.2) is 26.2 Å². The van der Waals surface area contributed by atoms with Crippen molar-refractivity contribution >= 4 is 9.84 Å². The Morgan fingerprint density at radius 1 is 0.950 bits per heavy atom. The quantitative estimate of drug-likeness (QED) is 0.872. The molecule has 5 heteroatoms. The summed E-state index contributed by atoms with van der Waals surface area (Å²) in [6.07, 6.45) is 0.516. The predicted octanol–water partition coefficient (Wildman–Crippen LogP) is 1.38. The third kappa shape index (κ3) is 3.25. The molecule has 0 aliphatic rings. The van der Waals surface area contributed by atoms with E-state index in [0.717, 1.165) is 5.56 Å². The van der Waals surface area contributed by atoms with Crippen LogP contribution in [0.2, 0.25) is 0 Å². The van der Waals surface area contributed by atoms with E-state index in [0.29, 0.717) is 6.42 Å². The highest BCUT2D eigenvalue weighted by Crippen LogP contribution is 2.20. The number of rotatable bonds is 5. The van der Waals surface area contributed by atoms with E-state index in [1.54, 1.807) is 54.6 Å². The third-order valence-electron chi connectivity index (χ3n) is 3.02. The van der Waals surface area contributed by atoms with Gasteiger partial charge in [0.05, 0.1) is 16.4 Å². The molecule has 0 saturated carbocycles. The molecular formula is C15H17NO3S. The number of hydrogen-bond acceptors (Lipinski definition) is 4. The third-order valence-corrected chi connectivity index (χ3v) is 4.81. The average molecular weight is 291 g/mol. The molecule has 0 aliphatic heterocycles. The average Bonchev–Trinajstić information content (AvgIpc) is 2.48. The van der Waals surface area contributed by atoms with E-state index >= 15 is 0 Å². The Labute approximate surface area is 118 Å². The number of aliphatic hydroxyl groups excluding tert-OH is 1. The summed E-state index contributed by atoms with van der Waals surface area (Å²) >= 11 is 0. The van der Waals surface area contributed by atoms with E-state index in [4.69, 9.17) is 10.8 Å². The molecule has 4 nitrogen and oxygen atoms in total. The van der Waals surface area contributed by atoms with E-state index in [1.807, 2.05) is 0 Å². The van der Waals surface area contributed by atoms with Gasteiger partial charge in [0, 0.05) is 6.04 Å². The van der Waals surface area contributed by atoms with Gasteiger partial charge < -0.3 is 10.8 Å². The first-order valence-corrected chi connectivity index (χ1v) is 7.78. The van der Waals surface area contributed by atoms with E-state index in [9.17, 15) is 8.42 Å². The predicted molar refractivity (Wildman–Crippen MR) is 77.1 cm³/mol. The molecule has 2 aromatic carbocycles. The van der Waals surface area contributed by atoms with Gasteiger partial charge in [0.15, 0.2) is 0 Å². The Morgan fingerprint density at radius 2 is 1.50 bits per heavy atom. The van der Waals surface area contributed by atoms with Crippen LogP contribution < -0.4 is 5.73 Å². The van der Waals surface area contributed by atoms with E-state index < -0.39 is 9.84 Å². The normalized spacial score (nSPS) is 13.1.